The van der Waals surface area contributed by atoms with Gasteiger partial charge in [0.2, 0.25) is 0 Å². The summed E-state index contributed by atoms with van der Waals surface area (Å²) in [5, 5.41) is 21.9. The first kappa shape index (κ1) is 22.5. The Morgan fingerprint density at radius 3 is 2.53 bits per heavy atom. The van der Waals surface area contributed by atoms with E-state index >= 15 is 0 Å². The first-order chi connectivity index (χ1) is 16.6. The van der Waals surface area contributed by atoms with Gasteiger partial charge >= 0.3 is 0 Å². The quantitative estimate of drug-likeness (QED) is 0.422. The summed E-state index contributed by atoms with van der Waals surface area (Å²) in [6, 6.07) is 11.8. The summed E-state index contributed by atoms with van der Waals surface area (Å²) < 4.78 is 0.822. The van der Waals surface area contributed by atoms with Crippen LogP contribution in [0.2, 0.25) is 0 Å². The number of phenolic OH excluding ortho intramolecular Hbond substituents is 2. The van der Waals surface area contributed by atoms with E-state index in [1.165, 1.54) is 35.8 Å². The molecular weight excluding hydrogens is 450 g/mol. The first-order valence-corrected chi connectivity index (χ1v) is 12.3. The molecule has 1 fully saturated rings. The van der Waals surface area contributed by atoms with Crippen LogP contribution in [0.3, 0.4) is 0 Å². The lowest BCUT2D eigenvalue weighted by Gasteiger charge is -2.28. The summed E-state index contributed by atoms with van der Waals surface area (Å²) in [6.45, 7) is 3.70. The van der Waals surface area contributed by atoms with E-state index in [2.05, 4.69) is 10.3 Å². The number of carbonyl (C=O) groups is 1. The normalized spacial score (nSPS) is 16.5. The van der Waals surface area contributed by atoms with E-state index in [9.17, 15) is 15.0 Å². The van der Waals surface area contributed by atoms with Crippen LogP contribution >= 0.6 is 11.3 Å². The molecule has 34 heavy (non-hydrogen) atoms. The lowest BCUT2D eigenvalue weighted by atomic mass is 9.97. The van der Waals surface area contributed by atoms with Gasteiger partial charge in [-0.15, -0.1) is 11.3 Å². The number of thiophene rings is 1. The standard InChI is InChI=1S/C26H27N3O4S/c30-20-6-4-18(5-7-20)26-24(22-9-8-21(31)16-23(22)34-26)25(32)19-10-13-29(27-17-19)33-15-14-28-11-2-1-3-12-28/h4-10,13,16-17,27,30-31H,1-3,11-12,14-15H2. The Bertz CT molecular complexity index is 1240. The third kappa shape index (κ3) is 4.79. The van der Waals surface area contributed by atoms with E-state index in [-0.39, 0.29) is 17.3 Å². The Hall–Kier alpha value is -3.33. The van der Waals surface area contributed by atoms with Gasteiger partial charge in [-0.05, 0) is 80.0 Å². The SMILES string of the molecule is O=C(C1=CNN(OCCN2CCCCC2)C=C1)c1c(-c2ccc(O)cc2)sc2cc(O)ccc12. The number of nitrogens with zero attached hydrogens (tertiary/aromatic N) is 2. The molecule has 176 valence electrons. The van der Waals surface area contributed by atoms with Gasteiger partial charge in [0.05, 0.1) is 12.8 Å². The number of Topliss-reactive ketones (excluding diaryl/α,β-unsaturated/α-hetero) is 1. The second-order valence-corrected chi connectivity index (χ2v) is 9.52. The van der Waals surface area contributed by atoms with E-state index in [1.54, 1.807) is 60.9 Å². The number of hydrogen-bond donors (Lipinski definition) is 3. The Balaban J connectivity index is 1.33. The number of hydroxylamine groups is 1. The molecule has 2 aliphatic heterocycles. The van der Waals surface area contributed by atoms with Crippen LogP contribution in [-0.4, -0.2) is 52.3 Å². The molecule has 0 amide bonds. The Morgan fingerprint density at radius 2 is 1.79 bits per heavy atom. The highest BCUT2D eigenvalue weighted by molar-refractivity contribution is 7.22. The lowest BCUT2D eigenvalue weighted by molar-refractivity contribution is -0.152. The van der Waals surface area contributed by atoms with Crippen molar-refractivity contribution in [1.82, 2.24) is 15.5 Å². The van der Waals surface area contributed by atoms with Crippen LogP contribution in [0.15, 0.2) is 66.5 Å². The van der Waals surface area contributed by atoms with Gasteiger partial charge in [0.15, 0.2) is 5.78 Å². The number of phenols is 2. The second kappa shape index (κ2) is 9.89. The van der Waals surface area contributed by atoms with Crippen molar-refractivity contribution >= 4 is 27.2 Å². The van der Waals surface area contributed by atoms with Crippen LogP contribution in [0, 0.1) is 0 Å². The molecule has 0 saturated carbocycles. The highest BCUT2D eigenvalue weighted by Crippen LogP contribution is 2.41. The van der Waals surface area contributed by atoms with Gasteiger partial charge in [0, 0.05) is 38.8 Å². The zero-order valence-corrected chi connectivity index (χ0v) is 19.6. The van der Waals surface area contributed by atoms with E-state index in [4.69, 9.17) is 4.84 Å². The summed E-state index contributed by atoms with van der Waals surface area (Å²) in [7, 11) is 0. The van der Waals surface area contributed by atoms with Crippen LogP contribution in [0.5, 0.6) is 11.5 Å². The number of likely N-dealkylation sites (tertiary alicyclic amines) is 1. The van der Waals surface area contributed by atoms with Crippen molar-refractivity contribution < 1.29 is 19.8 Å². The van der Waals surface area contributed by atoms with Crippen LogP contribution in [-0.2, 0) is 4.84 Å². The third-order valence-electron chi connectivity index (χ3n) is 6.12. The molecule has 3 heterocycles. The monoisotopic (exact) mass is 477 g/mol. The molecule has 8 heteroatoms. The number of benzene rings is 2. The molecule has 0 aliphatic carbocycles. The highest BCUT2D eigenvalue weighted by atomic mass is 32.1. The maximum absolute atomic E-state index is 13.6. The minimum atomic E-state index is -0.128. The number of hydrazine groups is 1. The van der Waals surface area contributed by atoms with Crippen molar-refractivity contribution in [3.63, 3.8) is 0 Å². The lowest BCUT2D eigenvalue weighted by Crippen LogP contribution is -2.37. The zero-order chi connectivity index (χ0) is 23.5. The average Bonchev–Trinajstić information content (AvgIpc) is 3.23. The Kier molecular flexibility index (Phi) is 6.53. The maximum atomic E-state index is 13.6. The van der Waals surface area contributed by atoms with Gasteiger partial charge in [-0.2, -0.15) is 5.17 Å². The number of carbonyl (C=O) groups excluding carboxylic acids is 1. The molecule has 0 atom stereocenters. The topological polar surface area (TPSA) is 85.3 Å². The molecule has 3 N–H and O–H groups in total. The zero-order valence-electron chi connectivity index (χ0n) is 18.7. The van der Waals surface area contributed by atoms with Gasteiger partial charge in [-0.1, -0.05) is 6.42 Å². The van der Waals surface area contributed by atoms with Gasteiger partial charge in [-0.25, -0.2) is 0 Å². The van der Waals surface area contributed by atoms with Crippen molar-refractivity contribution in [3.8, 4) is 21.9 Å². The Labute approximate surface area is 202 Å². The third-order valence-corrected chi connectivity index (χ3v) is 7.32. The first-order valence-electron chi connectivity index (χ1n) is 11.5. The molecule has 0 spiro atoms. The molecule has 5 rings (SSSR count). The average molecular weight is 478 g/mol. The number of rotatable bonds is 7. The van der Waals surface area contributed by atoms with Crippen molar-refractivity contribution in [2.75, 3.05) is 26.2 Å². The van der Waals surface area contributed by atoms with E-state index in [0.717, 1.165) is 40.2 Å². The molecule has 7 nitrogen and oxygen atoms in total. The molecule has 2 aromatic carbocycles. The molecule has 0 radical (unpaired) electrons. The predicted molar refractivity (Wildman–Crippen MR) is 133 cm³/mol. The summed E-state index contributed by atoms with van der Waals surface area (Å²) in [6.07, 6.45) is 8.91. The fourth-order valence-electron chi connectivity index (χ4n) is 4.32. The van der Waals surface area contributed by atoms with E-state index in [1.807, 2.05) is 0 Å². The van der Waals surface area contributed by atoms with E-state index in [0.29, 0.717) is 17.7 Å². The maximum Gasteiger partial charge on any atom is 0.196 e. The van der Waals surface area contributed by atoms with Gasteiger partial charge in [0.1, 0.15) is 11.5 Å². The fraction of sp³-hybridized carbons (Fsp3) is 0.269. The minimum Gasteiger partial charge on any atom is -0.508 e. The molecule has 0 unspecified atom stereocenters. The summed E-state index contributed by atoms with van der Waals surface area (Å²) >= 11 is 1.44. The number of hydrogen-bond acceptors (Lipinski definition) is 8. The molecular formula is C26H27N3O4S. The number of piperidine rings is 1. The summed E-state index contributed by atoms with van der Waals surface area (Å²) in [5.74, 6) is 0.190. The largest absolute Gasteiger partial charge is 0.508 e. The number of allylic oxidation sites excluding steroid dienone is 2. The molecule has 2 aliphatic rings. The van der Waals surface area contributed by atoms with Gasteiger partial charge in [0.25, 0.3) is 0 Å². The van der Waals surface area contributed by atoms with E-state index < -0.39 is 0 Å². The van der Waals surface area contributed by atoms with Crippen molar-refractivity contribution in [2.24, 2.45) is 0 Å². The number of fused-ring (bicyclic) bond motifs is 1. The fourth-order valence-corrected chi connectivity index (χ4v) is 5.55. The predicted octanol–water partition coefficient (Wildman–Crippen LogP) is 4.80. The molecule has 1 saturated heterocycles. The molecule has 3 aromatic rings. The number of nitrogens with one attached hydrogen (secondary N) is 1. The van der Waals surface area contributed by atoms with Gasteiger partial charge in [-0.3, -0.25) is 15.1 Å². The number of ketones is 1. The van der Waals surface area contributed by atoms with Crippen LogP contribution in [0.4, 0.5) is 0 Å². The van der Waals surface area contributed by atoms with Gasteiger partial charge < -0.3 is 15.1 Å². The van der Waals surface area contributed by atoms with Crippen molar-refractivity contribution in [1.29, 1.82) is 0 Å². The van der Waals surface area contributed by atoms with Crippen LogP contribution < -0.4 is 5.43 Å². The summed E-state index contributed by atoms with van der Waals surface area (Å²) in [5.41, 5.74) is 4.93. The van der Waals surface area contributed by atoms with Crippen molar-refractivity contribution in [2.45, 2.75) is 19.3 Å². The minimum absolute atomic E-state index is 0.128. The van der Waals surface area contributed by atoms with Crippen LogP contribution in [0.25, 0.3) is 20.5 Å². The van der Waals surface area contributed by atoms with Crippen LogP contribution in [0.1, 0.15) is 29.6 Å². The number of aromatic hydroxyl groups is 2. The second-order valence-electron chi connectivity index (χ2n) is 8.47. The van der Waals surface area contributed by atoms with Crippen molar-refractivity contribution in [3.05, 3.63) is 72.1 Å². The molecule has 0 bridgehead atoms. The Morgan fingerprint density at radius 1 is 1.03 bits per heavy atom. The smallest absolute Gasteiger partial charge is 0.196 e. The summed E-state index contributed by atoms with van der Waals surface area (Å²) in [4.78, 5) is 22.6. The molecule has 1 aromatic heterocycles. The highest BCUT2D eigenvalue weighted by Gasteiger charge is 2.24.